The molecule has 8 rings (SSSR count). The molecule has 0 bridgehead atoms. The van der Waals surface area contributed by atoms with Crippen molar-refractivity contribution in [1.29, 1.82) is 0 Å². The van der Waals surface area contributed by atoms with Crippen LogP contribution in [0.4, 0.5) is 0 Å². The van der Waals surface area contributed by atoms with Crippen molar-refractivity contribution in [2.45, 2.75) is 11.8 Å². The Balaban J connectivity index is 1.62. The summed E-state index contributed by atoms with van der Waals surface area (Å²) in [6, 6.07) is 45.7. The smallest absolute Gasteiger partial charge is 0.121 e. The summed E-state index contributed by atoms with van der Waals surface area (Å²) in [4.78, 5) is 0. The van der Waals surface area contributed by atoms with E-state index in [0.717, 1.165) is 12.0 Å². The zero-order valence-corrected chi connectivity index (χ0v) is 20.3. The molecule has 174 valence electrons. The first-order valence-corrected chi connectivity index (χ1v) is 12.9. The van der Waals surface area contributed by atoms with Gasteiger partial charge in [0.05, 0.1) is 5.41 Å². The van der Waals surface area contributed by atoms with Crippen LogP contribution in [0.25, 0.3) is 33.0 Å². The fraction of sp³-hybridized carbons (Fsp3) is 0.0556. The Morgan fingerprint density at radius 3 is 1.59 bits per heavy atom. The molecule has 0 amide bonds. The molecular formula is C36H24O. The van der Waals surface area contributed by atoms with Crippen LogP contribution in [0.1, 0.15) is 33.4 Å². The fourth-order valence-corrected chi connectivity index (χ4v) is 7.01. The van der Waals surface area contributed by atoms with Gasteiger partial charge in [0.2, 0.25) is 0 Å². The van der Waals surface area contributed by atoms with Crippen molar-refractivity contribution in [3.8, 4) is 28.0 Å². The van der Waals surface area contributed by atoms with E-state index < -0.39 is 5.41 Å². The lowest BCUT2D eigenvalue weighted by molar-refractivity contribution is 0.459. The highest BCUT2D eigenvalue weighted by atomic mass is 16.3. The molecule has 2 aliphatic carbocycles. The molecule has 0 fully saturated rings. The number of aromatic hydroxyl groups is 1. The van der Waals surface area contributed by atoms with Crippen molar-refractivity contribution in [3.63, 3.8) is 0 Å². The van der Waals surface area contributed by atoms with Gasteiger partial charge in [-0.25, -0.2) is 0 Å². The van der Waals surface area contributed by atoms with Crippen LogP contribution in [0.3, 0.4) is 0 Å². The third-order valence-electron chi connectivity index (χ3n) is 8.46. The van der Waals surface area contributed by atoms with E-state index in [-0.39, 0.29) is 0 Å². The molecule has 1 heteroatoms. The Morgan fingerprint density at radius 1 is 0.459 bits per heavy atom. The van der Waals surface area contributed by atoms with Gasteiger partial charge in [0.1, 0.15) is 5.75 Å². The molecule has 0 radical (unpaired) electrons. The highest BCUT2D eigenvalue weighted by Gasteiger charge is 2.51. The minimum Gasteiger partial charge on any atom is -0.508 e. The van der Waals surface area contributed by atoms with Gasteiger partial charge in [-0.2, -0.15) is 0 Å². The molecule has 0 unspecified atom stereocenters. The second-order valence-electron chi connectivity index (χ2n) is 10.2. The van der Waals surface area contributed by atoms with Gasteiger partial charge < -0.3 is 5.11 Å². The zero-order chi connectivity index (χ0) is 24.6. The Bertz CT molecular complexity index is 1790. The average Bonchev–Trinajstić information content (AvgIpc) is 2.94. The maximum absolute atomic E-state index is 11.5. The van der Waals surface area contributed by atoms with Crippen LogP contribution in [-0.4, -0.2) is 5.11 Å². The Morgan fingerprint density at radius 2 is 0.973 bits per heavy atom. The highest BCUT2D eigenvalue weighted by molar-refractivity contribution is 6.04. The fourth-order valence-electron chi connectivity index (χ4n) is 7.01. The van der Waals surface area contributed by atoms with Crippen molar-refractivity contribution in [2.75, 3.05) is 0 Å². The average molecular weight is 473 g/mol. The van der Waals surface area contributed by atoms with E-state index in [1.165, 1.54) is 60.8 Å². The van der Waals surface area contributed by atoms with E-state index in [2.05, 4.69) is 115 Å². The second kappa shape index (κ2) is 7.44. The van der Waals surface area contributed by atoms with Crippen LogP contribution in [0, 0.1) is 0 Å². The minimum absolute atomic E-state index is 0.356. The maximum Gasteiger partial charge on any atom is 0.121 e. The molecule has 1 spiro atoms. The minimum atomic E-state index is -0.592. The van der Waals surface area contributed by atoms with Crippen molar-refractivity contribution in [3.05, 3.63) is 161 Å². The molecule has 0 saturated heterocycles. The Hall–Kier alpha value is -4.62. The van der Waals surface area contributed by atoms with E-state index in [4.69, 9.17) is 0 Å². The summed E-state index contributed by atoms with van der Waals surface area (Å²) in [7, 11) is 0. The highest BCUT2D eigenvalue weighted by Crippen LogP contribution is 2.62. The Kier molecular flexibility index (Phi) is 4.14. The predicted octanol–water partition coefficient (Wildman–Crippen LogP) is 8.48. The van der Waals surface area contributed by atoms with Crippen molar-refractivity contribution >= 4 is 10.8 Å². The molecule has 1 nitrogen and oxygen atoms in total. The second-order valence-corrected chi connectivity index (χ2v) is 10.2. The first-order valence-electron chi connectivity index (χ1n) is 12.9. The number of rotatable bonds is 0. The molecular weight excluding hydrogens is 448 g/mol. The van der Waals surface area contributed by atoms with Crippen molar-refractivity contribution in [1.82, 2.24) is 0 Å². The molecule has 0 saturated carbocycles. The topological polar surface area (TPSA) is 20.2 Å². The van der Waals surface area contributed by atoms with Gasteiger partial charge in [0.15, 0.2) is 0 Å². The number of phenolic OH excluding ortho intramolecular Hbond substituents is 1. The van der Waals surface area contributed by atoms with Crippen molar-refractivity contribution in [2.24, 2.45) is 0 Å². The molecule has 0 aromatic heterocycles. The number of fused-ring (bicyclic) bond motifs is 10. The summed E-state index contributed by atoms with van der Waals surface area (Å²) in [5.74, 6) is 0.356. The van der Waals surface area contributed by atoms with Gasteiger partial charge in [0, 0.05) is 5.56 Å². The van der Waals surface area contributed by atoms with Crippen LogP contribution < -0.4 is 0 Å². The lowest BCUT2D eigenvalue weighted by atomic mass is 9.53. The quantitative estimate of drug-likeness (QED) is 0.235. The molecule has 6 aromatic carbocycles. The SMILES string of the molecule is Oc1ccc2cccc3c2c1C31c2ccccc2-c2ccccc2Cc2ccccc2-c2ccccc21. The summed E-state index contributed by atoms with van der Waals surface area (Å²) in [5, 5.41) is 13.9. The van der Waals surface area contributed by atoms with E-state index in [1.807, 2.05) is 12.1 Å². The van der Waals surface area contributed by atoms with Gasteiger partial charge in [-0.1, -0.05) is 121 Å². The normalized spacial score (nSPS) is 14.2. The monoisotopic (exact) mass is 472 g/mol. The summed E-state index contributed by atoms with van der Waals surface area (Å²) < 4.78 is 0. The van der Waals surface area contributed by atoms with Crippen LogP contribution in [0.2, 0.25) is 0 Å². The third-order valence-corrected chi connectivity index (χ3v) is 8.46. The lowest BCUT2D eigenvalue weighted by Gasteiger charge is -2.47. The van der Waals surface area contributed by atoms with E-state index in [0.29, 0.717) is 5.75 Å². The molecule has 6 aromatic rings. The van der Waals surface area contributed by atoms with Crippen molar-refractivity contribution < 1.29 is 5.11 Å². The van der Waals surface area contributed by atoms with Gasteiger partial charge in [-0.3, -0.25) is 0 Å². The summed E-state index contributed by atoms with van der Waals surface area (Å²) in [6.45, 7) is 0. The molecule has 2 aliphatic rings. The summed E-state index contributed by atoms with van der Waals surface area (Å²) in [5.41, 5.74) is 11.7. The summed E-state index contributed by atoms with van der Waals surface area (Å²) in [6.07, 6.45) is 0.861. The molecule has 0 heterocycles. The Labute approximate surface area is 216 Å². The van der Waals surface area contributed by atoms with Crippen LogP contribution in [-0.2, 0) is 11.8 Å². The molecule has 1 N–H and O–H groups in total. The van der Waals surface area contributed by atoms with Crippen LogP contribution >= 0.6 is 0 Å². The largest absolute Gasteiger partial charge is 0.508 e. The lowest BCUT2D eigenvalue weighted by Crippen LogP contribution is -2.39. The first kappa shape index (κ1) is 20.6. The molecule has 37 heavy (non-hydrogen) atoms. The number of benzene rings is 6. The third kappa shape index (κ3) is 2.58. The zero-order valence-electron chi connectivity index (χ0n) is 20.3. The molecule has 0 aliphatic heterocycles. The van der Waals surface area contributed by atoms with Gasteiger partial charge in [-0.05, 0) is 73.3 Å². The standard InChI is InChI=1S/C36H24O/c37-33-21-20-23-12-9-19-32-34(23)35(33)36(32)30-17-7-5-15-28(30)26-13-3-1-10-24(26)22-25-11-2-4-14-27(25)29-16-6-8-18-31(29)36/h1-21,37H,22H2. The predicted molar refractivity (Wildman–Crippen MR) is 151 cm³/mol. The van der Waals surface area contributed by atoms with Crippen LogP contribution in [0.5, 0.6) is 5.75 Å². The molecule has 0 atom stereocenters. The van der Waals surface area contributed by atoms with E-state index in [9.17, 15) is 5.11 Å². The number of hydrogen-bond acceptors (Lipinski definition) is 1. The first-order chi connectivity index (χ1) is 18.3. The van der Waals surface area contributed by atoms with Gasteiger partial charge in [-0.15, -0.1) is 0 Å². The van der Waals surface area contributed by atoms with Crippen LogP contribution in [0.15, 0.2) is 127 Å². The van der Waals surface area contributed by atoms with Gasteiger partial charge in [0.25, 0.3) is 0 Å². The van der Waals surface area contributed by atoms with E-state index >= 15 is 0 Å². The van der Waals surface area contributed by atoms with Gasteiger partial charge >= 0.3 is 0 Å². The van der Waals surface area contributed by atoms with E-state index in [1.54, 1.807) is 0 Å². The number of hydrogen-bond donors (Lipinski definition) is 1. The number of phenols is 1. The summed E-state index contributed by atoms with van der Waals surface area (Å²) >= 11 is 0. The maximum atomic E-state index is 11.5.